The van der Waals surface area contributed by atoms with Crippen LogP contribution in [0.1, 0.15) is 11.8 Å². The maximum Gasteiger partial charge on any atom is 0.247 e. The summed E-state index contributed by atoms with van der Waals surface area (Å²) in [6.07, 6.45) is 1.50. The number of aromatic nitrogens is 3. The van der Waals surface area contributed by atoms with Crippen LogP contribution in [0.15, 0.2) is 53.7 Å². The van der Waals surface area contributed by atoms with E-state index in [1.807, 2.05) is 54.8 Å². The van der Waals surface area contributed by atoms with E-state index in [1.165, 1.54) is 11.8 Å². The van der Waals surface area contributed by atoms with E-state index in [0.29, 0.717) is 16.7 Å². The summed E-state index contributed by atoms with van der Waals surface area (Å²) >= 11 is 1.43. The van der Waals surface area contributed by atoms with E-state index >= 15 is 0 Å². The molecule has 0 radical (unpaired) electrons. The number of ether oxygens (including phenoxy) is 2. The van der Waals surface area contributed by atoms with Crippen molar-refractivity contribution < 1.29 is 9.47 Å². The van der Waals surface area contributed by atoms with Crippen molar-refractivity contribution in [3.05, 3.63) is 54.1 Å². The quantitative estimate of drug-likeness (QED) is 0.720. The smallest absolute Gasteiger partial charge is 0.247 e. The van der Waals surface area contributed by atoms with Crippen molar-refractivity contribution in [3.8, 4) is 22.9 Å². The van der Waals surface area contributed by atoms with Crippen molar-refractivity contribution in [1.29, 1.82) is 0 Å². The zero-order chi connectivity index (χ0) is 17.2. The lowest BCUT2D eigenvalue weighted by Crippen LogP contribution is -2.17. The number of nitrogens with zero attached hydrogens (tertiary/aromatic N) is 3. The number of hydrogen-bond donors (Lipinski definition) is 1. The molecule has 1 N–H and O–H groups in total. The molecule has 0 fully saturated rings. The van der Waals surface area contributed by atoms with Gasteiger partial charge in [0.1, 0.15) is 5.75 Å². The Hall–Kier alpha value is -2.80. The van der Waals surface area contributed by atoms with Crippen molar-refractivity contribution in [2.45, 2.75) is 11.4 Å². The number of nitrogens with one attached hydrogen (secondary N) is 1. The average Bonchev–Trinajstić information content (AvgIpc) is 2.84. The Labute approximate surface area is 149 Å². The molecule has 0 bridgehead atoms. The first-order chi connectivity index (χ1) is 12.3. The summed E-state index contributed by atoms with van der Waals surface area (Å²) < 4.78 is 11.5. The highest BCUT2D eigenvalue weighted by atomic mass is 32.2. The first-order valence-corrected chi connectivity index (χ1v) is 8.96. The summed E-state index contributed by atoms with van der Waals surface area (Å²) in [5.74, 6) is 1.23. The standard InChI is InChI=1S/C18H16N4O2S/c1-23-12-7-5-6-11(10-12)16-19-14-9-4-3-8-13(14)15-17(24-16)20-18(25-2)22-21-15/h3-10,16,19H,1-2H3/t16-/m1/s1. The first-order valence-electron chi connectivity index (χ1n) is 7.74. The second-order valence-electron chi connectivity index (χ2n) is 5.42. The fourth-order valence-corrected chi connectivity index (χ4v) is 2.99. The third kappa shape index (κ3) is 2.98. The van der Waals surface area contributed by atoms with Crippen molar-refractivity contribution >= 4 is 17.4 Å². The van der Waals surface area contributed by atoms with Gasteiger partial charge >= 0.3 is 0 Å². The Kier molecular flexibility index (Phi) is 4.15. The molecule has 4 rings (SSSR count). The highest BCUT2D eigenvalue weighted by Crippen LogP contribution is 2.39. The molecule has 126 valence electrons. The van der Waals surface area contributed by atoms with Crippen LogP contribution in [0.4, 0.5) is 5.69 Å². The van der Waals surface area contributed by atoms with Gasteiger partial charge < -0.3 is 14.8 Å². The molecule has 25 heavy (non-hydrogen) atoms. The molecule has 1 aromatic heterocycles. The van der Waals surface area contributed by atoms with Gasteiger partial charge in [-0.2, -0.15) is 4.98 Å². The molecule has 1 atom stereocenters. The monoisotopic (exact) mass is 352 g/mol. The molecular weight excluding hydrogens is 336 g/mol. The van der Waals surface area contributed by atoms with E-state index in [0.717, 1.165) is 22.6 Å². The predicted octanol–water partition coefficient (Wildman–Crippen LogP) is 3.77. The minimum atomic E-state index is -0.413. The third-order valence-corrected chi connectivity index (χ3v) is 4.45. The van der Waals surface area contributed by atoms with Gasteiger partial charge in [-0.1, -0.05) is 42.1 Å². The Balaban J connectivity index is 1.84. The third-order valence-electron chi connectivity index (χ3n) is 3.91. The molecule has 0 saturated carbocycles. The molecule has 2 heterocycles. The SMILES string of the molecule is COc1cccc([C@@H]2Nc3ccccc3-c3nnc(SC)nc3O2)c1. The van der Waals surface area contributed by atoms with Crippen LogP contribution in [0.2, 0.25) is 0 Å². The fourth-order valence-electron chi connectivity index (χ4n) is 2.69. The topological polar surface area (TPSA) is 69.2 Å². The van der Waals surface area contributed by atoms with Crippen LogP contribution in [-0.4, -0.2) is 28.5 Å². The molecule has 3 aromatic rings. The maximum absolute atomic E-state index is 6.17. The Morgan fingerprint density at radius 1 is 1.12 bits per heavy atom. The summed E-state index contributed by atoms with van der Waals surface area (Å²) in [7, 11) is 1.65. The van der Waals surface area contributed by atoms with E-state index < -0.39 is 6.23 Å². The van der Waals surface area contributed by atoms with E-state index in [4.69, 9.17) is 9.47 Å². The lowest BCUT2D eigenvalue weighted by atomic mass is 10.1. The molecule has 1 aliphatic rings. The van der Waals surface area contributed by atoms with E-state index in [-0.39, 0.29) is 0 Å². The first kappa shape index (κ1) is 15.7. The molecule has 0 aliphatic carbocycles. The van der Waals surface area contributed by atoms with Gasteiger partial charge in [0.15, 0.2) is 11.9 Å². The van der Waals surface area contributed by atoms with Crippen LogP contribution in [-0.2, 0) is 0 Å². The second kappa shape index (κ2) is 6.60. The van der Waals surface area contributed by atoms with Gasteiger partial charge in [0.25, 0.3) is 0 Å². The van der Waals surface area contributed by atoms with Gasteiger partial charge in [0.2, 0.25) is 11.0 Å². The van der Waals surface area contributed by atoms with Gasteiger partial charge in [0.05, 0.1) is 7.11 Å². The lowest BCUT2D eigenvalue weighted by Gasteiger charge is -2.19. The van der Waals surface area contributed by atoms with Gasteiger partial charge in [0, 0.05) is 16.8 Å². The number of thioether (sulfide) groups is 1. The Morgan fingerprint density at radius 3 is 2.84 bits per heavy atom. The van der Waals surface area contributed by atoms with Crippen LogP contribution in [0, 0.1) is 0 Å². The largest absolute Gasteiger partial charge is 0.497 e. The van der Waals surface area contributed by atoms with Gasteiger partial charge in [-0.3, -0.25) is 0 Å². The molecular formula is C18H16N4O2S. The summed E-state index contributed by atoms with van der Waals surface area (Å²) in [5.41, 5.74) is 3.40. The zero-order valence-corrected chi connectivity index (χ0v) is 14.6. The van der Waals surface area contributed by atoms with Crippen LogP contribution in [0.5, 0.6) is 11.6 Å². The minimum absolute atomic E-state index is 0.413. The second-order valence-corrected chi connectivity index (χ2v) is 6.19. The predicted molar refractivity (Wildman–Crippen MR) is 97.0 cm³/mol. The molecule has 1 aliphatic heterocycles. The van der Waals surface area contributed by atoms with E-state index in [1.54, 1.807) is 7.11 Å². The van der Waals surface area contributed by atoms with Crippen LogP contribution in [0.25, 0.3) is 11.3 Å². The summed E-state index contributed by atoms with van der Waals surface area (Å²) in [5, 5.41) is 12.5. The molecule has 6 nitrogen and oxygen atoms in total. The summed E-state index contributed by atoms with van der Waals surface area (Å²) in [6.45, 7) is 0. The van der Waals surface area contributed by atoms with Crippen molar-refractivity contribution in [2.75, 3.05) is 18.7 Å². The molecule has 2 aromatic carbocycles. The summed E-state index contributed by atoms with van der Waals surface area (Å²) in [6, 6.07) is 15.7. The molecule has 7 heteroatoms. The Morgan fingerprint density at radius 2 is 2.00 bits per heavy atom. The highest BCUT2D eigenvalue weighted by Gasteiger charge is 2.26. The minimum Gasteiger partial charge on any atom is -0.497 e. The molecule has 0 amide bonds. The van der Waals surface area contributed by atoms with Crippen LogP contribution in [0.3, 0.4) is 0 Å². The number of rotatable bonds is 3. The van der Waals surface area contributed by atoms with Gasteiger partial charge in [-0.15, -0.1) is 10.2 Å². The highest BCUT2D eigenvalue weighted by molar-refractivity contribution is 7.98. The fraction of sp³-hybridized carbons (Fsp3) is 0.167. The van der Waals surface area contributed by atoms with Crippen LogP contribution >= 0.6 is 11.8 Å². The van der Waals surface area contributed by atoms with E-state index in [2.05, 4.69) is 20.5 Å². The number of methoxy groups -OCH3 is 1. The van der Waals surface area contributed by atoms with Crippen molar-refractivity contribution in [3.63, 3.8) is 0 Å². The lowest BCUT2D eigenvalue weighted by molar-refractivity contribution is 0.224. The average molecular weight is 352 g/mol. The normalized spacial score (nSPS) is 15.2. The molecule has 0 saturated heterocycles. The number of hydrogen-bond acceptors (Lipinski definition) is 7. The number of benzene rings is 2. The van der Waals surface area contributed by atoms with Gasteiger partial charge in [-0.25, -0.2) is 0 Å². The molecule has 0 spiro atoms. The van der Waals surface area contributed by atoms with Gasteiger partial charge in [-0.05, 0) is 24.5 Å². The number of anilines is 1. The zero-order valence-electron chi connectivity index (χ0n) is 13.8. The number of para-hydroxylation sites is 1. The molecule has 0 unspecified atom stereocenters. The van der Waals surface area contributed by atoms with Crippen LogP contribution < -0.4 is 14.8 Å². The number of fused-ring (bicyclic) bond motifs is 3. The van der Waals surface area contributed by atoms with Crippen molar-refractivity contribution in [1.82, 2.24) is 15.2 Å². The summed E-state index contributed by atoms with van der Waals surface area (Å²) in [4.78, 5) is 4.50. The maximum atomic E-state index is 6.17. The van der Waals surface area contributed by atoms with E-state index in [9.17, 15) is 0 Å². The Bertz CT molecular complexity index is 919. The van der Waals surface area contributed by atoms with Crippen molar-refractivity contribution in [2.24, 2.45) is 0 Å².